The van der Waals surface area contributed by atoms with Gasteiger partial charge in [0.2, 0.25) is 0 Å². The monoisotopic (exact) mass is 378 g/mol. The van der Waals surface area contributed by atoms with Gasteiger partial charge in [-0.2, -0.15) is 0 Å². The largest absolute Gasteiger partial charge is 0.502 e. The molecule has 7 heteroatoms. The van der Waals surface area contributed by atoms with Gasteiger partial charge in [-0.25, -0.2) is 4.98 Å². The molecule has 1 aliphatic heterocycles. The highest BCUT2D eigenvalue weighted by Gasteiger charge is 2.52. The lowest BCUT2D eigenvalue weighted by Gasteiger charge is -2.32. The lowest BCUT2D eigenvalue weighted by Crippen LogP contribution is -2.43. The molecule has 144 valence electrons. The molecule has 1 aliphatic carbocycles. The van der Waals surface area contributed by atoms with Crippen molar-refractivity contribution in [1.82, 2.24) is 9.55 Å². The van der Waals surface area contributed by atoms with Gasteiger partial charge in [-0.1, -0.05) is 0 Å². The van der Waals surface area contributed by atoms with Crippen molar-refractivity contribution in [3.05, 3.63) is 52.9 Å². The Balaban J connectivity index is 1.55. The van der Waals surface area contributed by atoms with Crippen LogP contribution in [0.3, 0.4) is 0 Å². The fraction of sp³-hybridized carbons (Fsp3) is 0.429. The number of fused-ring (bicyclic) bond motifs is 1. The molecule has 3 heterocycles. The van der Waals surface area contributed by atoms with E-state index in [1.54, 1.807) is 6.33 Å². The number of imidazole rings is 1. The van der Waals surface area contributed by atoms with Crippen LogP contribution in [-0.4, -0.2) is 27.9 Å². The van der Waals surface area contributed by atoms with E-state index in [2.05, 4.69) is 4.98 Å². The number of hydrogen-bond donors (Lipinski definition) is 0. The fourth-order valence-electron chi connectivity index (χ4n) is 3.50. The van der Waals surface area contributed by atoms with E-state index in [0.29, 0.717) is 22.3 Å². The topological polar surface area (TPSA) is 66.5 Å². The molecular weight excluding hydrogens is 355 g/mol. The molecule has 0 radical (unpaired) electrons. The second kappa shape index (κ2) is 5.81. The van der Waals surface area contributed by atoms with Crippen molar-refractivity contribution in [2.75, 3.05) is 0 Å². The molecule has 6 nitrogen and oxygen atoms in total. The smallest absolute Gasteiger partial charge is 0.464 e. The molecule has 3 aromatic rings. The van der Waals surface area contributed by atoms with Crippen molar-refractivity contribution in [2.24, 2.45) is 0 Å². The van der Waals surface area contributed by atoms with Crippen molar-refractivity contribution in [3.8, 4) is 5.69 Å². The normalized spacial score (nSPS) is 20.8. The van der Waals surface area contributed by atoms with Crippen LogP contribution in [0.4, 0.5) is 0 Å². The Morgan fingerprint density at radius 3 is 2.54 bits per heavy atom. The third-order valence-corrected chi connectivity index (χ3v) is 6.19. The van der Waals surface area contributed by atoms with Crippen LogP contribution in [-0.2, 0) is 9.31 Å². The number of rotatable bonds is 3. The summed E-state index contributed by atoms with van der Waals surface area (Å²) in [4.78, 5) is 17.7. The van der Waals surface area contributed by atoms with Crippen LogP contribution in [0.2, 0.25) is 0 Å². The van der Waals surface area contributed by atoms with Gasteiger partial charge < -0.3 is 18.3 Å². The van der Waals surface area contributed by atoms with Crippen LogP contribution in [0, 0.1) is 0 Å². The van der Waals surface area contributed by atoms with E-state index in [0.717, 1.165) is 11.4 Å². The summed E-state index contributed by atoms with van der Waals surface area (Å²) in [7, 11) is -0.746. The molecular formula is C21H23BN2O4. The Hall–Kier alpha value is -2.38. The summed E-state index contributed by atoms with van der Waals surface area (Å²) in [5.41, 5.74) is 1.74. The van der Waals surface area contributed by atoms with Gasteiger partial charge >= 0.3 is 7.12 Å². The number of aromatic nitrogens is 2. The summed E-state index contributed by atoms with van der Waals surface area (Å²) in [6.07, 6.45) is 7.70. The lowest BCUT2D eigenvalue weighted by molar-refractivity contribution is 0.00578. The number of hydrogen-bond acceptors (Lipinski definition) is 5. The average Bonchev–Trinajstić information content (AvgIpc) is 3.32. The molecule has 2 aromatic heterocycles. The van der Waals surface area contributed by atoms with Gasteiger partial charge in [0.05, 0.1) is 40.3 Å². The van der Waals surface area contributed by atoms with Gasteiger partial charge in [0.1, 0.15) is 5.58 Å². The second-order valence-corrected chi connectivity index (χ2v) is 8.77. The molecule has 1 saturated carbocycles. The van der Waals surface area contributed by atoms with Crippen LogP contribution >= 0.6 is 0 Å². The Morgan fingerprint density at radius 2 is 1.86 bits per heavy atom. The van der Waals surface area contributed by atoms with Gasteiger partial charge in [-0.05, 0) is 58.7 Å². The third-order valence-electron chi connectivity index (χ3n) is 6.19. The van der Waals surface area contributed by atoms with Crippen molar-refractivity contribution in [3.63, 3.8) is 0 Å². The van der Waals surface area contributed by atoms with Crippen molar-refractivity contribution < 1.29 is 13.7 Å². The molecule has 1 saturated heterocycles. The molecule has 0 N–H and O–H groups in total. The Kier molecular flexibility index (Phi) is 3.68. The highest BCUT2D eigenvalue weighted by atomic mass is 16.7. The summed E-state index contributed by atoms with van der Waals surface area (Å²) >= 11 is 0. The van der Waals surface area contributed by atoms with Crippen molar-refractivity contribution in [1.29, 1.82) is 0 Å². The lowest BCUT2D eigenvalue weighted by atomic mass is 9.80. The maximum atomic E-state index is 13.2. The molecule has 0 bridgehead atoms. The summed E-state index contributed by atoms with van der Waals surface area (Å²) in [5.74, 6) is 0.585. The zero-order valence-corrected chi connectivity index (χ0v) is 16.6. The van der Waals surface area contributed by atoms with Gasteiger partial charge in [-0.15, -0.1) is 0 Å². The quantitative estimate of drug-likeness (QED) is 0.655. The van der Waals surface area contributed by atoms with E-state index in [9.17, 15) is 4.79 Å². The summed E-state index contributed by atoms with van der Waals surface area (Å²) in [6.45, 7) is 7.85. The standard InChI is InChI=1S/C21H23BN2O4/c1-20(2)21(3,4)28-22(27-20)16-11-26-18-8-7-14(9-15(18)19(16)25)24-10-17(23-12-24)13-5-6-13/h7-13H,5-6H2,1-4H3. The minimum absolute atomic E-state index is 0.135. The van der Waals surface area contributed by atoms with Gasteiger partial charge in [0.15, 0.2) is 5.43 Å². The highest BCUT2D eigenvalue weighted by Crippen LogP contribution is 2.39. The second-order valence-electron chi connectivity index (χ2n) is 8.77. The van der Waals surface area contributed by atoms with Crippen LogP contribution in [0.5, 0.6) is 0 Å². The molecule has 28 heavy (non-hydrogen) atoms. The first-order valence-electron chi connectivity index (χ1n) is 9.70. The number of nitrogens with zero attached hydrogens (tertiary/aromatic N) is 2. The molecule has 1 aromatic carbocycles. The summed E-state index contributed by atoms with van der Waals surface area (Å²) in [5, 5.41) is 0.506. The summed E-state index contributed by atoms with van der Waals surface area (Å²) < 4.78 is 19.8. The van der Waals surface area contributed by atoms with E-state index >= 15 is 0 Å². The van der Waals surface area contributed by atoms with Crippen molar-refractivity contribution >= 4 is 23.6 Å². The predicted octanol–water partition coefficient (Wildman–Crippen LogP) is 3.16. The van der Waals surface area contributed by atoms with Gasteiger partial charge in [0.25, 0.3) is 0 Å². The molecule has 0 unspecified atom stereocenters. The van der Waals surface area contributed by atoms with Crippen molar-refractivity contribution in [2.45, 2.75) is 57.7 Å². The fourth-order valence-corrected chi connectivity index (χ4v) is 3.50. The Bertz CT molecular complexity index is 1110. The maximum Gasteiger partial charge on any atom is 0.502 e. The first-order valence-corrected chi connectivity index (χ1v) is 9.70. The number of benzene rings is 1. The summed E-state index contributed by atoms with van der Waals surface area (Å²) in [6, 6.07) is 5.59. The van der Waals surface area contributed by atoms with E-state index in [1.807, 2.05) is 56.7 Å². The maximum absolute atomic E-state index is 13.2. The average molecular weight is 378 g/mol. The molecule has 2 fully saturated rings. The van der Waals surface area contributed by atoms with Gasteiger partial charge in [0, 0.05) is 17.8 Å². The molecule has 0 atom stereocenters. The van der Waals surface area contributed by atoms with E-state index in [1.165, 1.54) is 19.1 Å². The Morgan fingerprint density at radius 1 is 1.14 bits per heavy atom. The van der Waals surface area contributed by atoms with E-state index < -0.39 is 18.3 Å². The van der Waals surface area contributed by atoms with E-state index in [4.69, 9.17) is 13.7 Å². The molecule has 5 rings (SSSR count). The van der Waals surface area contributed by atoms with Crippen LogP contribution in [0.15, 0.2) is 46.2 Å². The van der Waals surface area contributed by atoms with Gasteiger partial charge in [-0.3, -0.25) is 4.79 Å². The Labute approximate surface area is 163 Å². The minimum Gasteiger partial charge on any atom is -0.464 e. The SMILES string of the molecule is CC1(C)OB(c2coc3ccc(-n4cnc(C5CC5)c4)cc3c2=O)OC1(C)C. The molecule has 0 amide bonds. The third kappa shape index (κ3) is 2.72. The zero-order valence-electron chi connectivity index (χ0n) is 16.6. The first-order chi connectivity index (χ1) is 13.2. The molecule has 2 aliphatic rings. The van der Waals surface area contributed by atoms with E-state index in [-0.39, 0.29) is 5.43 Å². The molecule has 0 spiro atoms. The first kappa shape index (κ1) is 17.7. The highest BCUT2D eigenvalue weighted by molar-refractivity contribution is 6.62. The van der Waals surface area contributed by atoms with Crippen LogP contribution < -0.4 is 10.9 Å². The van der Waals surface area contributed by atoms with Crippen LogP contribution in [0.25, 0.3) is 16.7 Å². The zero-order chi connectivity index (χ0) is 19.7. The van der Waals surface area contributed by atoms with Crippen LogP contribution in [0.1, 0.15) is 52.1 Å². The predicted molar refractivity (Wildman–Crippen MR) is 107 cm³/mol. The minimum atomic E-state index is -0.746.